The molecule has 0 spiro atoms. The standard InChI is InChI=1S/C4H6N2O2.Na/c5-3(7)1-2-4(6)8;/h1-2H,(H2,5,7)(H2,6,8);/b2-1-;. The quantitative estimate of drug-likeness (QED) is 0.345. The largest absolute Gasteiger partial charge is 0.366 e. The van der Waals surface area contributed by atoms with Crippen LogP contribution in [0, 0.1) is 0 Å². The number of primary amides is 2. The number of carbonyl (C=O) groups is 2. The van der Waals surface area contributed by atoms with Gasteiger partial charge in [-0.1, -0.05) is 0 Å². The molecule has 1 radical (unpaired) electrons. The zero-order chi connectivity index (χ0) is 6.57. The van der Waals surface area contributed by atoms with Gasteiger partial charge in [-0.15, -0.1) is 0 Å². The molecule has 4 nitrogen and oxygen atoms in total. The van der Waals surface area contributed by atoms with E-state index < -0.39 is 11.8 Å². The summed E-state index contributed by atoms with van der Waals surface area (Å²) in [5.41, 5.74) is 9.21. The van der Waals surface area contributed by atoms with Crippen molar-refractivity contribution in [3.63, 3.8) is 0 Å². The summed E-state index contributed by atoms with van der Waals surface area (Å²) in [6.45, 7) is 0. The van der Waals surface area contributed by atoms with E-state index in [-0.39, 0.29) is 29.6 Å². The Balaban J connectivity index is 0. The number of rotatable bonds is 2. The second-order valence-electron chi connectivity index (χ2n) is 1.14. The Hall–Kier alpha value is -0.320. The molecule has 0 aromatic carbocycles. The summed E-state index contributed by atoms with van der Waals surface area (Å²) in [6, 6.07) is 0. The zero-order valence-corrected chi connectivity index (χ0v) is 7.13. The van der Waals surface area contributed by atoms with Gasteiger partial charge in [0.05, 0.1) is 0 Å². The first-order chi connectivity index (χ1) is 3.63. The van der Waals surface area contributed by atoms with E-state index in [1.54, 1.807) is 0 Å². The van der Waals surface area contributed by atoms with Crippen LogP contribution < -0.4 is 11.5 Å². The van der Waals surface area contributed by atoms with Crippen LogP contribution >= 0.6 is 0 Å². The molecule has 0 bridgehead atoms. The molecule has 0 aliphatic rings. The molecule has 0 fully saturated rings. The van der Waals surface area contributed by atoms with Crippen LogP contribution in [0.4, 0.5) is 0 Å². The zero-order valence-electron chi connectivity index (χ0n) is 5.13. The number of nitrogens with two attached hydrogens (primary N) is 2. The predicted molar refractivity (Wildman–Crippen MR) is 33.3 cm³/mol. The van der Waals surface area contributed by atoms with Gasteiger partial charge in [0.1, 0.15) is 0 Å². The SMILES string of the molecule is NC(=O)/C=C\C(N)=O.[Na]. The summed E-state index contributed by atoms with van der Waals surface area (Å²) in [6.07, 6.45) is 1.81. The van der Waals surface area contributed by atoms with Crippen molar-refractivity contribution in [2.24, 2.45) is 11.5 Å². The van der Waals surface area contributed by atoms with Crippen LogP contribution in [0.1, 0.15) is 0 Å². The molecular formula is C4H6N2NaO2. The van der Waals surface area contributed by atoms with Gasteiger partial charge in [-0.3, -0.25) is 9.59 Å². The van der Waals surface area contributed by atoms with E-state index in [2.05, 4.69) is 11.5 Å². The van der Waals surface area contributed by atoms with Crippen molar-refractivity contribution in [3.8, 4) is 0 Å². The van der Waals surface area contributed by atoms with Crippen molar-refractivity contribution in [1.82, 2.24) is 0 Å². The number of hydrogen-bond donors (Lipinski definition) is 2. The summed E-state index contributed by atoms with van der Waals surface area (Å²) in [4.78, 5) is 19.7. The predicted octanol–water partition coefficient (Wildman–Crippen LogP) is -1.87. The van der Waals surface area contributed by atoms with Crippen LogP contribution in [0.15, 0.2) is 12.2 Å². The molecule has 0 aliphatic carbocycles. The molecule has 0 saturated carbocycles. The fourth-order valence-corrected chi connectivity index (χ4v) is 0.164. The Morgan fingerprint density at radius 2 is 1.22 bits per heavy atom. The topological polar surface area (TPSA) is 86.2 Å². The Morgan fingerprint density at radius 3 is 1.33 bits per heavy atom. The van der Waals surface area contributed by atoms with Gasteiger partial charge in [0, 0.05) is 41.7 Å². The molecule has 45 valence electrons. The van der Waals surface area contributed by atoms with Crippen LogP contribution in [0.25, 0.3) is 0 Å². The van der Waals surface area contributed by atoms with Gasteiger partial charge in [-0.25, -0.2) is 0 Å². The molecule has 4 N–H and O–H groups in total. The molecule has 0 saturated heterocycles. The van der Waals surface area contributed by atoms with Gasteiger partial charge in [0.25, 0.3) is 0 Å². The van der Waals surface area contributed by atoms with Gasteiger partial charge < -0.3 is 11.5 Å². The molecule has 5 heteroatoms. The first-order valence-corrected chi connectivity index (χ1v) is 1.90. The normalized spacial score (nSPS) is 8.44. The molecule has 0 aromatic rings. The van der Waals surface area contributed by atoms with Crippen LogP contribution in [0.2, 0.25) is 0 Å². The fraction of sp³-hybridized carbons (Fsp3) is 0. The van der Waals surface area contributed by atoms with Gasteiger partial charge in [-0.2, -0.15) is 0 Å². The second-order valence-corrected chi connectivity index (χ2v) is 1.14. The van der Waals surface area contributed by atoms with E-state index in [9.17, 15) is 9.59 Å². The number of hydrogen-bond acceptors (Lipinski definition) is 2. The monoisotopic (exact) mass is 137 g/mol. The summed E-state index contributed by atoms with van der Waals surface area (Å²) >= 11 is 0. The minimum atomic E-state index is -0.677. The molecule has 0 aliphatic heterocycles. The minimum Gasteiger partial charge on any atom is -0.366 e. The third-order valence-electron chi connectivity index (χ3n) is 0.412. The molecule has 0 atom stereocenters. The summed E-state index contributed by atoms with van der Waals surface area (Å²) in [5, 5.41) is 0. The molecule has 0 aromatic heterocycles. The number of carbonyl (C=O) groups excluding carboxylic acids is 2. The van der Waals surface area contributed by atoms with E-state index >= 15 is 0 Å². The van der Waals surface area contributed by atoms with Crippen molar-refractivity contribution in [2.75, 3.05) is 0 Å². The van der Waals surface area contributed by atoms with E-state index in [4.69, 9.17) is 0 Å². The van der Waals surface area contributed by atoms with E-state index in [0.717, 1.165) is 12.2 Å². The van der Waals surface area contributed by atoms with E-state index in [0.29, 0.717) is 0 Å². The average molecular weight is 137 g/mol. The average Bonchev–Trinajstić information content (AvgIpc) is 1.61. The first kappa shape index (κ1) is 11.5. The number of amides is 2. The van der Waals surface area contributed by atoms with Gasteiger partial charge in [0.2, 0.25) is 11.8 Å². The second kappa shape index (κ2) is 5.81. The third kappa shape index (κ3) is 11.3. The van der Waals surface area contributed by atoms with Crippen LogP contribution in [-0.4, -0.2) is 41.4 Å². The maximum Gasteiger partial charge on any atom is 0.241 e. The Kier molecular flexibility index (Phi) is 7.41. The van der Waals surface area contributed by atoms with Crippen molar-refractivity contribution in [3.05, 3.63) is 12.2 Å². The summed E-state index contributed by atoms with van der Waals surface area (Å²) in [5.74, 6) is -1.35. The van der Waals surface area contributed by atoms with Crippen molar-refractivity contribution in [1.29, 1.82) is 0 Å². The molecule has 9 heavy (non-hydrogen) atoms. The molecule has 0 heterocycles. The van der Waals surface area contributed by atoms with Crippen molar-refractivity contribution >= 4 is 41.4 Å². The van der Waals surface area contributed by atoms with E-state index in [1.807, 2.05) is 0 Å². The first-order valence-electron chi connectivity index (χ1n) is 1.90. The van der Waals surface area contributed by atoms with Crippen molar-refractivity contribution in [2.45, 2.75) is 0 Å². The Morgan fingerprint density at radius 1 is 1.00 bits per heavy atom. The molecule has 2 amide bonds. The molecule has 0 unspecified atom stereocenters. The molecular weight excluding hydrogens is 131 g/mol. The van der Waals surface area contributed by atoms with E-state index in [1.165, 1.54) is 0 Å². The van der Waals surface area contributed by atoms with Crippen LogP contribution in [0.5, 0.6) is 0 Å². The van der Waals surface area contributed by atoms with Gasteiger partial charge in [0.15, 0.2) is 0 Å². The maximum atomic E-state index is 9.83. The smallest absolute Gasteiger partial charge is 0.241 e. The van der Waals surface area contributed by atoms with Gasteiger partial charge >= 0.3 is 0 Å². The van der Waals surface area contributed by atoms with Crippen LogP contribution in [-0.2, 0) is 9.59 Å². The molecule has 0 rings (SSSR count). The summed E-state index contributed by atoms with van der Waals surface area (Å²) < 4.78 is 0. The Labute approximate surface area is 74.6 Å². The fourth-order valence-electron chi connectivity index (χ4n) is 0.164. The Bertz CT molecular complexity index is 128. The van der Waals surface area contributed by atoms with Crippen molar-refractivity contribution < 1.29 is 9.59 Å². The summed E-state index contributed by atoms with van der Waals surface area (Å²) in [7, 11) is 0. The minimum absolute atomic E-state index is 0. The maximum absolute atomic E-state index is 9.83. The van der Waals surface area contributed by atoms with Crippen LogP contribution in [0.3, 0.4) is 0 Å². The third-order valence-corrected chi connectivity index (χ3v) is 0.412. The van der Waals surface area contributed by atoms with Gasteiger partial charge in [-0.05, 0) is 0 Å².